The van der Waals surface area contributed by atoms with Gasteiger partial charge in [-0.05, 0) is 32.1 Å². The van der Waals surface area contributed by atoms with E-state index in [1.54, 1.807) is 7.11 Å². The van der Waals surface area contributed by atoms with Crippen LogP contribution in [0.25, 0.3) is 0 Å². The summed E-state index contributed by atoms with van der Waals surface area (Å²) in [5, 5.41) is 3.61. The predicted octanol–water partition coefficient (Wildman–Crippen LogP) is 2.28. The van der Waals surface area contributed by atoms with E-state index in [-0.39, 0.29) is 35.6 Å². The van der Waals surface area contributed by atoms with E-state index in [1.807, 2.05) is 7.05 Å². The van der Waals surface area contributed by atoms with Gasteiger partial charge in [0.15, 0.2) is 5.96 Å². The molecule has 0 bridgehead atoms. The van der Waals surface area contributed by atoms with Gasteiger partial charge in [0, 0.05) is 52.4 Å². The van der Waals surface area contributed by atoms with Crippen LogP contribution in [0, 0.1) is 11.8 Å². The summed E-state index contributed by atoms with van der Waals surface area (Å²) in [5.41, 5.74) is 0.108. The van der Waals surface area contributed by atoms with Crippen molar-refractivity contribution < 1.29 is 9.47 Å². The SMILES string of the molecule is CN=C(NCC(C)(C)N1CC(C)CC(C)C1)N1CCOC(COC)C1.I. The van der Waals surface area contributed by atoms with Gasteiger partial charge in [-0.3, -0.25) is 9.89 Å². The van der Waals surface area contributed by atoms with Crippen molar-refractivity contribution in [3.8, 4) is 0 Å². The summed E-state index contributed by atoms with van der Waals surface area (Å²) in [6.07, 6.45) is 1.46. The maximum atomic E-state index is 5.75. The molecule has 6 nitrogen and oxygen atoms in total. The molecule has 0 aromatic heterocycles. The predicted molar refractivity (Wildman–Crippen MR) is 119 cm³/mol. The van der Waals surface area contributed by atoms with E-state index in [4.69, 9.17) is 9.47 Å². The van der Waals surface area contributed by atoms with Crippen molar-refractivity contribution in [3.63, 3.8) is 0 Å². The van der Waals surface area contributed by atoms with Crippen molar-refractivity contribution in [1.82, 2.24) is 15.1 Å². The number of nitrogens with zero attached hydrogens (tertiary/aromatic N) is 3. The molecule has 0 amide bonds. The highest BCUT2D eigenvalue weighted by Crippen LogP contribution is 2.26. The fourth-order valence-corrected chi connectivity index (χ4v) is 4.10. The van der Waals surface area contributed by atoms with Crippen molar-refractivity contribution in [1.29, 1.82) is 0 Å². The van der Waals surface area contributed by atoms with Gasteiger partial charge in [0.2, 0.25) is 0 Å². The molecule has 154 valence electrons. The van der Waals surface area contributed by atoms with Gasteiger partial charge in [-0.15, -0.1) is 24.0 Å². The number of halogens is 1. The van der Waals surface area contributed by atoms with Crippen LogP contribution in [0.1, 0.15) is 34.1 Å². The number of aliphatic imine (C=N–C) groups is 1. The Bertz CT molecular complexity index is 435. The maximum Gasteiger partial charge on any atom is 0.193 e. The quantitative estimate of drug-likeness (QED) is 0.370. The highest BCUT2D eigenvalue weighted by atomic mass is 127. The van der Waals surface area contributed by atoms with Crippen LogP contribution in [0.3, 0.4) is 0 Å². The fourth-order valence-electron chi connectivity index (χ4n) is 4.10. The van der Waals surface area contributed by atoms with Gasteiger partial charge in [-0.2, -0.15) is 0 Å². The Morgan fingerprint density at radius 1 is 1.23 bits per heavy atom. The zero-order chi connectivity index (χ0) is 18.4. The van der Waals surface area contributed by atoms with E-state index < -0.39 is 0 Å². The molecule has 3 atom stereocenters. The molecule has 0 aromatic rings. The van der Waals surface area contributed by atoms with E-state index in [2.05, 4.69) is 47.8 Å². The smallest absolute Gasteiger partial charge is 0.193 e. The van der Waals surface area contributed by atoms with Gasteiger partial charge < -0.3 is 19.7 Å². The first-order valence-electron chi connectivity index (χ1n) is 9.67. The van der Waals surface area contributed by atoms with Crippen molar-refractivity contribution in [2.45, 2.75) is 45.8 Å². The van der Waals surface area contributed by atoms with Gasteiger partial charge >= 0.3 is 0 Å². The zero-order valence-electron chi connectivity index (χ0n) is 17.5. The summed E-state index contributed by atoms with van der Waals surface area (Å²) < 4.78 is 11.0. The molecule has 1 N–H and O–H groups in total. The lowest BCUT2D eigenvalue weighted by atomic mass is 9.88. The molecule has 0 aromatic carbocycles. The molecular formula is C19H39IN4O2. The van der Waals surface area contributed by atoms with Crippen LogP contribution in [0.2, 0.25) is 0 Å². The van der Waals surface area contributed by atoms with Gasteiger partial charge in [0.05, 0.1) is 19.3 Å². The molecule has 0 radical (unpaired) electrons. The second-order valence-corrected chi connectivity index (χ2v) is 8.46. The topological polar surface area (TPSA) is 49.3 Å². The van der Waals surface area contributed by atoms with E-state index in [0.29, 0.717) is 6.61 Å². The molecule has 3 unspecified atom stereocenters. The Labute approximate surface area is 177 Å². The van der Waals surface area contributed by atoms with Crippen LogP contribution in [-0.4, -0.2) is 87.5 Å². The summed E-state index contributed by atoms with van der Waals surface area (Å²) in [7, 11) is 3.58. The van der Waals surface area contributed by atoms with Crippen LogP contribution < -0.4 is 5.32 Å². The number of hydrogen-bond acceptors (Lipinski definition) is 4. The van der Waals surface area contributed by atoms with E-state index >= 15 is 0 Å². The lowest BCUT2D eigenvalue weighted by Crippen LogP contribution is -2.58. The number of guanidine groups is 1. The molecule has 2 rings (SSSR count). The van der Waals surface area contributed by atoms with Gasteiger partial charge in [-0.1, -0.05) is 13.8 Å². The average Bonchev–Trinajstić information content (AvgIpc) is 2.55. The third-order valence-electron chi connectivity index (χ3n) is 5.41. The van der Waals surface area contributed by atoms with Crippen LogP contribution in [0.4, 0.5) is 0 Å². The van der Waals surface area contributed by atoms with Crippen LogP contribution in [0.5, 0.6) is 0 Å². The minimum absolute atomic E-state index is 0. The molecular weight excluding hydrogens is 443 g/mol. The number of rotatable bonds is 5. The molecule has 2 aliphatic rings. The fraction of sp³-hybridized carbons (Fsp3) is 0.947. The Kier molecular flexibility index (Phi) is 10.1. The van der Waals surface area contributed by atoms with Crippen molar-refractivity contribution in [2.75, 3.05) is 60.1 Å². The van der Waals surface area contributed by atoms with E-state index in [0.717, 1.165) is 44.0 Å². The number of methoxy groups -OCH3 is 1. The second-order valence-electron chi connectivity index (χ2n) is 8.46. The minimum Gasteiger partial charge on any atom is -0.382 e. The normalized spacial score (nSPS) is 28.6. The molecule has 0 aliphatic carbocycles. The number of morpholine rings is 1. The highest BCUT2D eigenvalue weighted by molar-refractivity contribution is 14.0. The van der Waals surface area contributed by atoms with E-state index in [1.165, 1.54) is 19.5 Å². The Morgan fingerprint density at radius 3 is 2.46 bits per heavy atom. The second kappa shape index (κ2) is 11.0. The standard InChI is InChI=1S/C19H38N4O2.HI/c1-15-9-16(2)11-23(10-15)19(3,4)14-21-18(20-5)22-7-8-25-17(12-22)13-24-6;/h15-17H,7-14H2,1-6H3,(H,20,21);1H. The van der Waals surface area contributed by atoms with Crippen molar-refractivity contribution in [3.05, 3.63) is 0 Å². The summed E-state index contributed by atoms with van der Waals surface area (Å²) >= 11 is 0. The number of ether oxygens (including phenoxy) is 2. The highest BCUT2D eigenvalue weighted by Gasteiger charge is 2.33. The minimum atomic E-state index is 0. The lowest BCUT2D eigenvalue weighted by Gasteiger charge is -2.46. The third-order valence-corrected chi connectivity index (χ3v) is 5.41. The van der Waals surface area contributed by atoms with Gasteiger partial charge in [0.1, 0.15) is 0 Å². The number of piperidine rings is 1. The first-order valence-corrected chi connectivity index (χ1v) is 9.67. The first-order chi connectivity index (χ1) is 11.9. The Hall–Kier alpha value is -0.120. The number of hydrogen-bond donors (Lipinski definition) is 1. The first kappa shape index (κ1) is 23.9. The third kappa shape index (κ3) is 6.80. The van der Waals surface area contributed by atoms with Crippen LogP contribution in [0.15, 0.2) is 4.99 Å². The van der Waals surface area contributed by atoms with Gasteiger partial charge in [0.25, 0.3) is 0 Å². The molecule has 0 spiro atoms. The van der Waals surface area contributed by atoms with Crippen LogP contribution in [-0.2, 0) is 9.47 Å². The molecule has 0 saturated carbocycles. The molecule has 2 heterocycles. The molecule has 2 aliphatic heterocycles. The Balaban J connectivity index is 0.00000338. The summed E-state index contributed by atoms with van der Waals surface area (Å²) in [4.78, 5) is 9.42. The molecule has 2 fully saturated rings. The largest absolute Gasteiger partial charge is 0.382 e. The summed E-state index contributed by atoms with van der Waals surface area (Å²) in [6.45, 7) is 15.7. The number of nitrogens with one attached hydrogen (secondary N) is 1. The molecule has 26 heavy (non-hydrogen) atoms. The maximum absolute atomic E-state index is 5.75. The zero-order valence-corrected chi connectivity index (χ0v) is 19.8. The van der Waals surface area contributed by atoms with Crippen molar-refractivity contribution >= 4 is 29.9 Å². The lowest BCUT2D eigenvalue weighted by molar-refractivity contribution is -0.0449. The Morgan fingerprint density at radius 2 is 1.88 bits per heavy atom. The van der Waals surface area contributed by atoms with Gasteiger partial charge in [-0.25, -0.2) is 0 Å². The average molecular weight is 482 g/mol. The number of likely N-dealkylation sites (tertiary alicyclic amines) is 1. The molecule has 7 heteroatoms. The summed E-state index contributed by atoms with van der Waals surface area (Å²) in [5.74, 6) is 2.52. The summed E-state index contributed by atoms with van der Waals surface area (Å²) in [6, 6.07) is 0. The monoisotopic (exact) mass is 482 g/mol. The molecule has 2 saturated heterocycles. The van der Waals surface area contributed by atoms with Crippen LogP contribution >= 0.6 is 24.0 Å². The van der Waals surface area contributed by atoms with Crippen molar-refractivity contribution in [2.24, 2.45) is 16.8 Å². The van der Waals surface area contributed by atoms with E-state index in [9.17, 15) is 0 Å².